The van der Waals surface area contributed by atoms with Gasteiger partial charge in [0.05, 0.1) is 12.8 Å². The van der Waals surface area contributed by atoms with Gasteiger partial charge in [-0.1, -0.05) is 31.1 Å². The molecule has 0 aliphatic rings. The maximum absolute atomic E-state index is 5.34. The average molecular weight is 373 g/mol. The molecular weight excluding hydrogens is 340 g/mol. The summed E-state index contributed by atoms with van der Waals surface area (Å²) in [6, 6.07) is 10.3. The summed E-state index contributed by atoms with van der Waals surface area (Å²) in [5, 5.41) is 10.7. The van der Waals surface area contributed by atoms with Gasteiger partial charge in [-0.15, -0.1) is 0 Å². The molecule has 1 heterocycles. The molecule has 0 radical (unpaired) electrons. The fraction of sp³-hybridized carbons (Fsp3) is 0.524. The molecule has 0 atom stereocenters. The minimum Gasteiger partial charge on any atom is -0.497 e. The quantitative estimate of drug-likeness (QED) is 0.376. The molecule has 0 unspecified atom stereocenters. The first-order valence-corrected chi connectivity index (χ1v) is 9.73. The molecule has 0 aliphatic carbocycles. The Morgan fingerprint density at radius 1 is 1.19 bits per heavy atom. The second kappa shape index (κ2) is 11.3. The Morgan fingerprint density at radius 2 is 1.96 bits per heavy atom. The second-order valence-electron chi connectivity index (χ2n) is 6.80. The van der Waals surface area contributed by atoms with Crippen molar-refractivity contribution >= 4 is 5.96 Å². The Labute approximate surface area is 162 Å². The summed E-state index contributed by atoms with van der Waals surface area (Å²) in [4.78, 5) is 4.58. The maximum atomic E-state index is 5.34. The van der Waals surface area contributed by atoms with E-state index in [1.165, 1.54) is 5.56 Å². The van der Waals surface area contributed by atoms with Crippen LogP contribution in [-0.4, -0.2) is 31.3 Å². The summed E-state index contributed by atoms with van der Waals surface area (Å²) in [5.74, 6) is 2.86. The van der Waals surface area contributed by atoms with E-state index in [0.29, 0.717) is 12.5 Å². The van der Waals surface area contributed by atoms with Crippen LogP contribution in [-0.2, 0) is 13.0 Å². The van der Waals surface area contributed by atoms with Crippen LogP contribution in [0.15, 0.2) is 39.8 Å². The zero-order chi connectivity index (χ0) is 19.5. The first-order valence-electron chi connectivity index (χ1n) is 9.73. The van der Waals surface area contributed by atoms with Crippen LogP contribution in [0.3, 0.4) is 0 Å². The number of hydrogen-bond donors (Lipinski definition) is 2. The third-order valence-corrected chi connectivity index (χ3v) is 4.25. The molecule has 1 aromatic carbocycles. The molecule has 0 saturated heterocycles. The number of methoxy groups -OCH3 is 1. The minimum absolute atomic E-state index is 0.364. The van der Waals surface area contributed by atoms with Crippen LogP contribution in [0, 0.1) is 0 Å². The molecule has 1 aromatic heterocycles. The average Bonchev–Trinajstić information content (AvgIpc) is 3.15. The van der Waals surface area contributed by atoms with Crippen molar-refractivity contribution in [3.05, 3.63) is 47.3 Å². The molecule has 0 aliphatic heterocycles. The van der Waals surface area contributed by atoms with Crippen molar-refractivity contribution in [2.24, 2.45) is 4.99 Å². The Bertz CT molecular complexity index is 692. The highest BCUT2D eigenvalue weighted by Crippen LogP contribution is 2.15. The molecule has 2 N–H and O–H groups in total. The van der Waals surface area contributed by atoms with Gasteiger partial charge in [0.25, 0.3) is 0 Å². The van der Waals surface area contributed by atoms with Crippen LogP contribution in [0.5, 0.6) is 5.75 Å². The number of aromatic nitrogens is 1. The normalized spacial score (nSPS) is 11.7. The number of guanidine groups is 1. The van der Waals surface area contributed by atoms with Gasteiger partial charge in [-0.25, -0.2) is 4.99 Å². The lowest BCUT2D eigenvalue weighted by Crippen LogP contribution is -2.37. The van der Waals surface area contributed by atoms with Crippen molar-refractivity contribution in [2.75, 3.05) is 20.2 Å². The number of nitrogens with one attached hydrogen (secondary N) is 2. The molecule has 27 heavy (non-hydrogen) atoms. The van der Waals surface area contributed by atoms with E-state index in [-0.39, 0.29) is 0 Å². The zero-order valence-corrected chi connectivity index (χ0v) is 16.9. The van der Waals surface area contributed by atoms with Gasteiger partial charge >= 0.3 is 0 Å². The number of unbranched alkanes of at least 4 members (excludes halogenated alkanes) is 1. The largest absolute Gasteiger partial charge is 0.497 e. The molecule has 0 spiro atoms. The van der Waals surface area contributed by atoms with E-state index >= 15 is 0 Å². The van der Waals surface area contributed by atoms with Gasteiger partial charge < -0.3 is 19.9 Å². The van der Waals surface area contributed by atoms with Crippen molar-refractivity contribution in [1.29, 1.82) is 0 Å². The van der Waals surface area contributed by atoms with Crippen LogP contribution in [0.4, 0.5) is 0 Å². The van der Waals surface area contributed by atoms with Gasteiger partial charge in [-0.2, -0.15) is 0 Å². The van der Waals surface area contributed by atoms with Crippen LogP contribution < -0.4 is 15.4 Å². The molecule has 2 rings (SSSR count). The summed E-state index contributed by atoms with van der Waals surface area (Å²) in [6.07, 6.45) is 3.27. The third-order valence-electron chi connectivity index (χ3n) is 4.25. The van der Waals surface area contributed by atoms with Crippen LogP contribution in [0.25, 0.3) is 0 Å². The van der Waals surface area contributed by atoms with E-state index in [0.717, 1.165) is 55.5 Å². The van der Waals surface area contributed by atoms with E-state index in [1.807, 2.05) is 18.2 Å². The topological polar surface area (TPSA) is 71.7 Å². The number of nitrogens with zero attached hydrogens (tertiary/aromatic N) is 2. The SMILES string of the molecule is CCNC(=NCc1cc(C(C)C)no1)NCCCCc1ccc(OC)cc1. The standard InChI is InChI=1S/C21H32N4O2/c1-5-22-21(24-15-19-14-20(16(2)3)25-27-19)23-13-7-6-8-17-9-11-18(26-4)12-10-17/h9-12,14,16H,5-8,13,15H2,1-4H3,(H2,22,23,24). The van der Waals surface area contributed by atoms with Crippen LogP contribution in [0.1, 0.15) is 56.5 Å². The maximum Gasteiger partial charge on any atom is 0.191 e. The van der Waals surface area contributed by atoms with E-state index in [1.54, 1.807) is 7.11 Å². The van der Waals surface area contributed by atoms with Gasteiger partial charge in [0.1, 0.15) is 12.3 Å². The Kier molecular flexibility index (Phi) is 8.68. The van der Waals surface area contributed by atoms with E-state index in [4.69, 9.17) is 9.26 Å². The number of benzene rings is 1. The molecular formula is C21H32N4O2. The van der Waals surface area contributed by atoms with Gasteiger partial charge in [0.2, 0.25) is 0 Å². The summed E-state index contributed by atoms with van der Waals surface area (Å²) in [6.45, 7) is 8.46. The highest BCUT2D eigenvalue weighted by atomic mass is 16.5. The van der Waals surface area contributed by atoms with Gasteiger partial charge in [0.15, 0.2) is 11.7 Å². The van der Waals surface area contributed by atoms with Crippen LogP contribution in [0.2, 0.25) is 0 Å². The second-order valence-corrected chi connectivity index (χ2v) is 6.80. The molecule has 0 saturated carbocycles. The number of ether oxygens (including phenoxy) is 1. The van der Waals surface area contributed by atoms with Gasteiger partial charge in [-0.05, 0) is 49.8 Å². The summed E-state index contributed by atoms with van der Waals surface area (Å²) in [7, 11) is 1.69. The summed E-state index contributed by atoms with van der Waals surface area (Å²) < 4.78 is 10.5. The van der Waals surface area contributed by atoms with Crippen molar-refractivity contribution in [1.82, 2.24) is 15.8 Å². The van der Waals surface area contributed by atoms with Crippen LogP contribution >= 0.6 is 0 Å². The van der Waals surface area contributed by atoms with Crippen molar-refractivity contribution in [3.8, 4) is 5.75 Å². The lowest BCUT2D eigenvalue weighted by atomic mass is 10.1. The number of hydrogen-bond acceptors (Lipinski definition) is 4. The Morgan fingerprint density at radius 3 is 2.59 bits per heavy atom. The lowest BCUT2D eigenvalue weighted by Gasteiger charge is -2.11. The molecule has 0 amide bonds. The van der Waals surface area contributed by atoms with Crippen molar-refractivity contribution < 1.29 is 9.26 Å². The Hall–Kier alpha value is -2.50. The molecule has 6 nitrogen and oxygen atoms in total. The Balaban J connectivity index is 1.72. The van der Waals surface area contributed by atoms with Crippen molar-refractivity contribution in [3.63, 3.8) is 0 Å². The van der Waals surface area contributed by atoms with Crippen molar-refractivity contribution in [2.45, 2.75) is 52.5 Å². The highest BCUT2D eigenvalue weighted by Gasteiger charge is 2.07. The zero-order valence-electron chi connectivity index (χ0n) is 16.9. The van der Waals surface area contributed by atoms with E-state index in [9.17, 15) is 0 Å². The molecule has 0 bridgehead atoms. The third kappa shape index (κ3) is 7.33. The predicted molar refractivity (Wildman–Crippen MR) is 109 cm³/mol. The predicted octanol–water partition coefficient (Wildman–Crippen LogP) is 3.88. The summed E-state index contributed by atoms with van der Waals surface area (Å²) in [5.41, 5.74) is 2.30. The first kappa shape index (κ1) is 20.8. The van der Waals surface area contributed by atoms with E-state index < -0.39 is 0 Å². The van der Waals surface area contributed by atoms with Gasteiger partial charge in [0, 0.05) is 19.2 Å². The highest BCUT2D eigenvalue weighted by molar-refractivity contribution is 5.79. The first-order chi connectivity index (χ1) is 13.1. The molecule has 2 aromatic rings. The van der Waals surface area contributed by atoms with E-state index in [2.05, 4.69) is 53.7 Å². The fourth-order valence-electron chi connectivity index (χ4n) is 2.63. The van der Waals surface area contributed by atoms with Gasteiger partial charge in [-0.3, -0.25) is 0 Å². The lowest BCUT2D eigenvalue weighted by molar-refractivity contribution is 0.376. The number of aliphatic imine (C=N–C) groups is 1. The summed E-state index contributed by atoms with van der Waals surface area (Å²) >= 11 is 0. The molecule has 6 heteroatoms. The molecule has 148 valence electrons. The number of rotatable bonds is 10. The smallest absolute Gasteiger partial charge is 0.191 e. The minimum atomic E-state index is 0.364. The monoisotopic (exact) mass is 372 g/mol. The fourth-order valence-corrected chi connectivity index (χ4v) is 2.63. The number of aryl methyl sites for hydroxylation is 1. The molecule has 0 fully saturated rings.